The minimum absolute atomic E-state index is 0.434. The van der Waals surface area contributed by atoms with Crippen LogP contribution in [0.3, 0.4) is 0 Å². The average Bonchev–Trinajstić information content (AvgIpc) is 3.74. The van der Waals surface area contributed by atoms with Crippen LogP contribution in [0.5, 0.6) is 0 Å². The van der Waals surface area contributed by atoms with E-state index in [2.05, 4.69) is 167 Å². The second-order valence-corrected chi connectivity index (χ2v) is 13.5. The molecule has 3 aromatic carbocycles. The fraction of sp³-hybridized carbons (Fsp3) is 0.308. The smallest absolute Gasteiger partial charge is 0.261 e. The molecule has 0 unspecified atom stereocenters. The first kappa shape index (κ1) is 31.3. The summed E-state index contributed by atoms with van der Waals surface area (Å²) in [6.07, 6.45) is 0. The molecule has 235 valence electrons. The second kappa shape index (κ2) is 12.6. The SMILES string of the molecule is Cc1cc(-c2ccc(C(C)C)cc2)nn1[B-](n1nc(-c2ccc(C(C)C)cc2)cc1C)n1nc(-c2ccc(C(C)C)cc2)cc1C. The molecule has 0 fully saturated rings. The van der Waals surface area contributed by atoms with Gasteiger partial charge in [0.15, 0.2) is 0 Å². The number of aryl methyl sites for hydroxylation is 3. The van der Waals surface area contributed by atoms with Gasteiger partial charge in [0.2, 0.25) is 0 Å². The number of hydrogen-bond donors (Lipinski definition) is 0. The van der Waals surface area contributed by atoms with Crippen molar-refractivity contribution >= 4 is 7.12 Å². The maximum Gasteiger partial charge on any atom is 0.261 e. The maximum absolute atomic E-state index is 5.21. The van der Waals surface area contributed by atoms with E-state index in [-0.39, 0.29) is 0 Å². The molecule has 0 aliphatic rings. The lowest BCUT2D eigenvalue weighted by Crippen LogP contribution is -2.45. The van der Waals surface area contributed by atoms with Gasteiger partial charge in [0.05, 0.1) is 17.1 Å². The van der Waals surface area contributed by atoms with E-state index in [0.29, 0.717) is 17.8 Å². The molecule has 46 heavy (non-hydrogen) atoms. The lowest BCUT2D eigenvalue weighted by molar-refractivity contribution is 0.743. The van der Waals surface area contributed by atoms with Gasteiger partial charge in [-0.3, -0.25) is 0 Å². The van der Waals surface area contributed by atoms with E-state index in [1.165, 1.54) is 16.7 Å². The van der Waals surface area contributed by atoms with Gasteiger partial charge in [-0.1, -0.05) is 114 Å². The largest absolute Gasteiger partial charge is 0.422 e. The number of nitrogens with zero attached hydrogens (tertiary/aromatic N) is 6. The normalized spacial score (nSPS) is 11.9. The van der Waals surface area contributed by atoms with Crippen molar-refractivity contribution in [2.75, 3.05) is 0 Å². The van der Waals surface area contributed by atoms with Gasteiger partial charge in [0.1, 0.15) is 0 Å². The highest BCUT2D eigenvalue weighted by Gasteiger charge is 2.20. The van der Waals surface area contributed by atoms with Crippen molar-refractivity contribution in [1.82, 2.24) is 29.1 Å². The van der Waals surface area contributed by atoms with Crippen LogP contribution < -0.4 is 0 Å². The Morgan fingerprint density at radius 3 is 0.870 bits per heavy atom. The van der Waals surface area contributed by atoms with Crippen molar-refractivity contribution in [2.45, 2.75) is 80.1 Å². The predicted octanol–water partition coefficient (Wildman–Crippen LogP) is 9.50. The van der Waals surface area contributed by atoms with Crippen molar-refractivity contribution in [3.05, 3.63) is 125 Å². The van der Waals surface area contributed by atoms with Gasteiger partial charge < -0.3 is 13.8 Å². The summed E-state index contributed by atoms with van der Waals surface area (Å²) in [4.78, 5) is 0. The van der Waals surface area contributed by atoms with E-state index in [0.717, 1.165) is 50.9 Å². The van der Waals surface area contributed by atoms with E-state index in [1.807, 2.05) is 0 Å². The first-order valence-corrected chi connectivity index (χ1v) is 16.5. The van der Waals surface area contributed by atoms with E-state index >= 15 is 0 Å². The van der Waals surface area contributed by atoms with Crippen LogP contribution in [0, 0.1) is 20.8 Å². The highest BCUT2D eigenvalue weighted by atomic mass is 15.5. The number of hydrogen-bond acceptors (Lipinski definition) is 3. The van der Waals surface area contributed by atoms with Crippen LogP contribution in [0.4, 0.5) is 0 Å². The Morgan fingerprint density at radius 2 is 0.652 bits per heavy atom. The van der Waals surface area contributed by atoms with Crippen molar-refractivity contribution in [3.63, 3.8) is 0 Å². The molecule has 0 atom stereocenters. The van der Waals surface area contributed by atoms with Crippen LogP contribution in [0.15, 0.2) is 91.0 Å². The van der Waals surface area contributed by atoms with E-state index < -0.39 is 7.12 Å². The highest BCUT2D eigenvalue weighted by molar-refractivity contribution is 6.53. The lowest BCUT2D eigenvalue weighted by Gasteiger charge is -2.33. The fourth-order valence-electron chi connectivity index (χ4n) is 6.02. The molecule has 0 saturated carbocycles. The zero-order valence-electron chi connectivity index (χ0n) is 28.7. The van der Waals surface area contributed by atoms with Gasteiger partial charge in [0, 0.05) is 16.7 Å². The Balaban J connectivity index is 1.47. The van der Waals surface area contributed by atoms with Crippen LogP contribution in [0.1, 0.15) is 93.1 Å². The van der Waals surface area contributed by atoms with Gasteiger partial charge >= 0.3 is 0 Å². The molecule has 1 radical (unpaired) electrons. The molecule has 0 aliphatic heterocycles. The molecule has 6 aromatic rings. The third-order valence-electron chi connectivity index (χ3n) is 9.04. The van der Waals surface area contributed by atoms with Gasteiger partial charge in [-0.05, 0) is 90.5 Å². The van der Waals surface area contributed by atoms with Crippen LogP contribution in [-0.4, -0.2) is 36.2 Å². The van der Waals surface area contributed by atoms with Crippen molar-refractivity contribution in [2.24, 2.45) is 0 Å². The van der Waals surface area contributed by atoms with Gasteiger partial charge in [-0.15, -0.1) is 0 Å². The standard InChI is InChI=1S/C39H45BN6/c1-25(2)31-10-16-34(17-11-31)37-22-28(7)44(41-37)40(45-29(8)23-38(42-45)35-18-12-32(13-19-35)26(3)4)46-30(9)24-39(43-46)36-20-14-33(15-21-36)27(5)6/h10-27H,1-9H3/q-1. The number of benzene rings is 3. The van der Waals surface area contributed by atoms with Crippen molar-refractivity contribution < 1.29 is 0 Å². The van der Waals surface area contributed by atoms with E-state index in [9.17, 15) is 0 Å². The molecular weight excluding hydrogens is 563 g/mol. The number of rotatable bonds is 9. The zero-order chi connectivity index (χ0) is 32.7. The monoisotopic (exact) mass is 608 g/mol. The Kier molecular flexibility index (Phi) is 8.60. The van der Waals surface area contributed by atoms with Crippen LogP contribution in [0.25, 0.3) is 33.8 Å². The van der Waals surface area contributed by atoms with Crippen LogP contribution in [-0.2, 0) is 0 Å². The molecule has 3 heterocycles. The molecule has 7 heteroatoms. The molecule has 0 aliphatic carbocycles. The quantitative estimate of drug-likeness (QED) is 0.154. The van der Waals surface area contributed by atoms with E-state index in [4.69, 9.17) is 15.3 Å². The summed E-state index contributed by atoms with van der Waals surface area (Å²) in [6, 6.07) is 32.7. The second-order valence-electron chi connectivity index (χ2n) is 13.5. The Labute approximate surface area is 274 Å². The van der Waals surface area contributed by atoms with Crippen LogP contribution >= 0.6 is 0 Å². The Bertz CT molecular complexity index is 1710. The molecule has 0 amide bonds. The van der Waals surface area contributed by atoms with Gasteiger partial charge in [-0.25, -0.2) is 15.3 Å². The predicted molar refractivity (Wildman–Crippen MR) is 191 cm³/mol. The summed E-state index contributed by atoms with van der Waals surface area (Å²) >= 11 is 0. The first-order valence-electron chi connectivity index (χ1n) is 16.5. The summed E-state index contributed by atoms with van der Waals surface area (Å²) in [5.41, 5.74) is 13.1. The summed E-state index contributed by atoms with van der Waals surface area (Å²) in [5, 5.41) is 15.6. The third kappa shape index (κ3) is 6.11. The Hall–Kier alpha value is -4.65. The summed E-state index contributed by atoms with van der Waals surface area (Å²) < 4.78 is 6.18. The fourth-order valence-corrected chi connectivity index (χ4v) is 6.02. The molecule has 0 saturated heterocycles. The van der Waals surface area contributed by atoms with Crippen molar-refractivity contribution in [3.8, 4) is 33.8 Å². The molecule has 0 N–H and O–H groups in total. The highest BCUT2D eigenvalue weighted by Crippen LogP contribution is 2.27. The van der Waals surface area contributed by atoms with Gasteiger partial charge in [0.25, 0.3) is 7.12 Å². The minimum Gasteiger partial charge on any atom is -0.422 e. The minimum atomic E-state index is -0.434. The molecule has 0 bridgehead atoms. The van der Waals surface area contributed by atoms with Gasteiger partial charge in [-0.2, -0.15) is 0 Å². The van der Waals surface area contributed by atoms with Crippen LogP contribution in [0.2, 0.25) is 0 Å². The molecule has 6 rings (SSSR count). The topological polar surface area (TPSA) is 53.5 Å². The number of aromatic nitrogens is 6. The third-order valence-corrected chi connectivity index (χ3v) is 9.04. The lowest BCUT2D eigenvalue weighted by atomic mass is 9.93. The summed E-state index contributed by atoms with van der Waals surface area (Å²) in [7, 11) is -0.434. The zero-order valence-corrected chi connectivity index (χ0v) is 28.7. The molecule has 3 aromatic heterocycles. The molecular formula is C39H45BN6-. The maximum atomic E-state index is 5.21. The molecule has 0 spiro atoms. The average molecular weight is 609 g/mol. The first-order chi connectivity index (χ1) is 22.0. The van der Waals surface area contributed by atoms with Crippen molar-refractivity contribution in [1.29, 1.82) is 0 Å². The summed E-state index contributed by atoms with van der Waals surface area (Å²) in [5.74, 6) is 1.44. The summed E-state index contributed by atoms with van der Waals surface area (Å²) in [6.45, 7) is 19.7. The molecule has 6 nitrogen and oxygen atoms in total. The van der Waals surface area contributed by atoms with E-state index in [1.54, 1.807) is 0 Å². The Morgan fingerprint density at radius 1 is 0.413 bits per heavy atom.